The molecule has 2 aromatic rings. The van der Waals surface area contributed by atoms with Gasteiger partial charge < -0.3 is 49.2 Å². The molecule has 4 N–H and O–H groups in total. The Labute approximate surface area is 271 Å². The topological polar surface area (TPSA) is 156 Å². The molecule has 1 aliphatic carbocycles. The normalized spacial score (nSPS) is 17.8. The van der Waals surface area contributed by atoms with Crippen LogP contribution in [0.2, 0.25) is 0 Å². The zero-order valence-electron chi connectivity index (χ0n) is 25.4. The summed E-state index contributed by atoms with van der Waals surface area (Å²) in [6.45, 7) is -0.0472. The highest BCUT2D eigenvalue weighted by Gasteiger charge is 2.41. The molecule has 0 aromatic heterocycles. The number of halogens is 1. The van der Waals surface area contributed by atoms with Crippen molar-refractivity contribution in [2.24, 2.45) is 0 Å². The number of hydrogen-bond acceptors (Lipinski definition) is 10. The van der Waals surface area contributed by atoms with Crippen molar-refractivity contribution in [3.63, 3.8) is 0 Å². The van der Waals surface area contributed by atoms with E-state index in [1.54, 1.807) is 43.4 Å². The lowest BCUT2D eigenvalue weighted by atomic mass is 9.87. The van der Waals surface area contributed by atoms with Crippen LogP contribution in [0.15, 0.2) is 42.0 Å². The van der Waals surface area contributed by atoms with Crippen molar-refractivity contribution in [3.05, 3.63) is 56.7 Å². The van der Waals surface area contributed by atoms with Crippen molar-refractivity contribution in [1.29, 1.82) is 0 Å². The third kappa shape index (κ3) is 8.97. The Morgan fingerprint density at radius 3 is 2.43 bits per heavy atom. The van der Waals surface area contributed by atoms with E-state index in [9.17, 15) is 24.9 Å². The summed E-state index contributed by atoms with van der Waals surface area (Å²) >= 11 is 2.05. The van der Waals surface area contributed by atoms with Gasteiger partial charge in [0.25, 0.3) is 0 Å². The number of hydrogen-bond donors (Lipinski definition) is 4. The highest BCUT2D eigenvalue weighted by molar-refractivity contribution is 14.1. The highest BCUT2D eigenvalue weighted by Crippen LogP contribution is 2.37. The van der Waals surface area contributed by atoms with Crippen molar-refractivity contribution in [1.82, 2.24) is 10.2 Å². The van der Waals surface area contributed by atoms with Gasteiger partial charge >= 0.3 is 0 Å². The molecule has 0 aliphatic heterocycles. The lowest BCUT2D eigenvalue weighted by molar-refractivity contribution is -0.139. The maximum Gasteiger partial charge on any atom is 0.247 e. The average Bonchev–Trinajstić information content (AvgIpc) is 3.04. The fraction of sp³-hybridized carbons (Fsp3) is 0.484. The molecule has 0 heterocycles. The first kappa shape index (κ1) is 35.4. The quantitative estimate of drug-likeness (QED) is 0.188. The second-order valence-corrected chi connectivity index (χ2v) is 11.2. The number of amides is 2. The van der Waals surface area contributed by atoms with Crippen LogP contribution in [0.1, 0.15) is 24.0 Å². The first-order chi connectivity index (χ1) is 21.2. The summed E-state index contributed by atoms with van der Waals surface area (Å²) in [5.41, 5.74) is 1.71. The summed E-state index contributed by atoms with van der Waals surface area (Å²) in [6.07, 6.45) is -0.269. The lowest BCUT2D eigenvalue weighted by Crippen LogP contribution is -2.55. The van der Waals surface area contributed by atoms with E-state index < -0.39 is 24.2 Å². The first-order valence-corrected chi connectivity index (χ1v) is 15.2. The van der Waals surface area contributed by atoms with Gasteiger partial charge in [-0.05, 0) is 76.5 Å². The molecule has 3 unspecified atom stereocenters. The molecule has 242 valence electrons. The third-order valence-electron chi connectivity index (χ3n) is 7.29. The number of methoxy groups -OCH3 is 4. The van der Waals surface area contributed by atoms with Gasteiger partial charge in [0.05, 0.1) is 57.2 Å². The van der Waals surface area contributed by atoms with Crippen LogP contribution >= 0.6 is 22.6 Å². The molecule has 0 saturated heterocycles. The molecule has 12 nitrogen and oxygen atoms in total. The van der Waals surface area contributed by atoms with E-state index in [4.69, 9.17) is 23.7 Å². The van der Waals surface area contributed by atoms with Gasteiger partial charge in [0.2, 0.25) is 11.8 Å². The lowest BCUT2D eigenvalue weighted by Gasteiger charge is -2.41. The number of aliphatic hydroxyl groups is 3. The van der Waals surface area contributed by atoms with Gasteiger partial charge in [-0.2, -0.15) is 0 Å². The first-order valence-electron chi connectivity index (χ1n) is 14.1. The van der Waals surface area contributed by atoms with E-state index in [-0.39, 0.29) is 51.7 Å². The molecule has 2 aromatic carbocycles. The van der Waals surface area contributed by atoms with E-state index in [0.29, 0.717) is 44.1 Å². The average molecular weight is 729 g/mol. The minimum absolute atomic E-state index is 0.0371. The van der Waals surface area contributed by atoms with Crippen LogP contribution in [0, 0.1) is 3.57 Å². The summed E-state index contributed by atoms with van der Waals surface area (Å²) in [6, 6.07) is 7.91. The number of nitrogens with one attached hydrogen (secondary N) is 1. The Kier molecular flexibility index (Phi) is 14.0. The van der Waals surface area contributed by atoms with Crippen LogP contribution in [0.4, 0.5) is 0 Å². The van der Waals surface area contributed by atoms with Crippen LogP contribution in [0.5, 0.6) is 23.0 Å². The van der Waals surface area contributed by atoms with E-state index in [2.05, 4.69) is 5.32 Å². The van der Waals surface area contributed by atoms with Gasteiger partial charge in [0.1, 0.15) is 23.7 Å². The summed E-state index contributed by atoms with van der Waals surface area (Å²) in [5.74, 6) is 1.20. The summed E-state index contributed by atoms with van der Waals surface area (Å²) in [7, 11) is 6.09. The molecule has 3 atom stereocenters. The number of aliphatic hydroxyl groups excluding tert-OH is 3. The van der Waals surface area contributed by atoms with Crippen LogP contribution in [-0.4, -0.2) is 105 Å². The Morgan fingerprint density at radius 1 is 1.05 bits per heavy atom. The van der Waals surface area contributed by atoms with Crippen molar-refractivity contribution in [2.45, 2.75) is 44.1 Å². The molecule has 0 radical (unpaired) electrons. The van der Waals surface area contributed by atoms with Gasteiger partial charge in [0, 0.05) is 32.2 Å². The van der Waals surface area contributed by atoms with E-state index in [0.717, 1.165) is 5.56 Å². The maximum absolute atomic E-state index is 13.6. The largest absolute Gasteiger partial charge is 0.497 e. The summed E-state index contributed by atoms with van der Waals surface area (Å²) in [5, 5.41) is 33.3. The number of rotatable bonds is 16. The van der Waals surface area contributed by atoms with Crippen molar-refractivity contribution in [2.75, 3.05) is 54.7 Å². The summed E-state index contributed by atoms with van der Waals surface area (Å²) in [4.78, 5) is 28.3. The number of nitrogens with zero attached hydrogens (tertiary/aromatic N) is 1. The van der Waals surface area contributed by atoms with Gasteiger partial charge in [-0.25, -0.2) is 0 Å². The maximum atomic E-state index is 13.6. The molecule has 2 amide bonds. The molecule has 0 spiro atoms. The Morgan fingerprint density at radius 2 is 1.80 bits per heavy atom. The minimum atomic E-state index is -1.24. The molecule has 0 bridgehead atoms. The molecular formula is C31H41IN2O10. The number of carbonyl (C=O) groups is 2. The summed E-state index contributed by atoms with van der Waals surface area (Å²) < 4.78 is 28.5. The predicted octanol–water partition coefficient (Wildman–Crippen LogP) is 1.83. The standard InChI is InChI=1S/C31H41IN2O10/c1-40-12-8-28(37)34(10-7-20-15-22(41-2)5-6-25(20)42-3)24-16-21(31(39)33-9-11-35)17-26(29(24)38)44-30-23(32)13-19(18-36)14-27(30)43-4/h5-6,13-15,17,24,26,29,35-36,38H,7-12,16,18H2,1-4H3,(H,33,39). The fourth-order valence-corrected chi connectivity index (χ4v) is 5.81. The smallest absolute Gasteiger partial charge is 0.247 e. The molecular weight excluding hydrogens is 687 g/mol. The SMILES string of the molecule is COCCC(=O)N(CCc1cc(OC)ccc1OC)C1CC(C(=O)NCCO)=CC(Oc2c(I)cc(CO)cc2OC)C1O. The van der Waals surface area contributed by atoms with Gasteiger partial charge in [-0.1, -0.05) is 0 Å². The van der Waals surface area contributed by atoms with Crippen LogP contribution in [0.3, 0.4) is 0 Å². The second-order valence-electron chi connectivity index (χ2n) is 10.0. The van der Waals surface area contributed by atoms with Gasteiger partial charge in [0.15, 0.2) is 11.5 Å². The van der Waals surface area contributed by atoms with Crippen molar-refractivity contribution in [3.8, 4) is 23.0 Å². The van der Waals surface area contributed by atoms with Crippen LogP contribution in [-0.2, 0) is 27.4 Å². The molecule has 13 heteroatoms. The molecule has 1 aliphatic rings. The van der Waals surface area contributed by atoms with Crippen LogP contribution in [0.25, 0.3) is 0 Å². The van der Waals surface area contributed by atoms with Crippen LogP contribution < -0.4 is 24.3 Å². The Bertz CT molecular complexity index is 1300. The fourth-order valence-electron chi connectivity index (χ4n) is 5.02. The molecule has 3 rings (SSSR count). The van der Waals surface area contributed by atoms with Crippen molar-refractivity contribution >= 4 is 34.4 Å². The zero-order valence-corrected chi connectivity index (χ0v) is 27.5. The monoisotopic (exact) mass is 728 g/mol. The van der Waals surface area contributed by atoms with E-state index in [1.165, 1.54) is 20.3 Å². The Hall–Kier alpha value is -3.11. The van der Waals surface area contributed by atoms with Crippen molar-refractivity contribution < 1.29 is 48.6 Å². The minimum Gasteiger partial charge on any atom is -0.497 e. The van der Waals surface area contributed by atoms with Gasteiger partial charge in [-0.15, -0.1) is 0 Å². The highest BCUT2D eigenvalue weighted by atomic mass is 127. The number of benzene rings is 2. The predicted molar refractivity (Wildman–Crippen MR) is 170 cm³/mol. The number of ether oxygens (including phenoxy) is 5. The molecule has 44 heavy (non-hydrogen) atoms. The van der Waals surface area contributed by atoms with E-state index in [1.807, 2.05) is 28.7 Å². The Balaban J connectivity index is 2.02. The zero-order chi connectivity index (χ0) is 32.2. The third-order valence-corrected chi connectivity index (χ3v) is 8.09. The van der Waals surface area contributed by atoms with E-state index >= 15 is 0 Å². The second kappa shape index (κ2) is 17.4. The van der Waals surface area contributed by atoms with Gasteiger partial charge in [-0.3, -0.25) is 9.59 Å². The number of carbonyl (C=O) groups excluding carboxylic acids is 2. The molecule has 0 saturated carbocycles. The molecule has 0 fully saturated rings.